The zero-order valence-electron chi connectivity index (χ0n) is 11.5. The summed E-state index contributed by atoms with van der Waals surface area (Å²) in [4.78, 5) is 12.2. The Labute approximate surface area is 123 Å². The molecule has 1 aliphatic heterocycles. The summed E-state index contributed by atoms with van der Waals surface area (Å²) in [7, 11) is 0. The molecule has 1 heterocycles. The van der Waals surface area contributed by atoms with Crippen molar-refractivity contribution in [1.29, 1.82) is 0 Å². The third-order valence-electron chi connectivity index (χ3n) is 3.71. The lowest BCUT2D eigenvalue weighted by Gasteiger charge is -2.29. The molecule has 1 aromatic carbocycles. The molecule has 1 aliphatic rings. The molecule has 4 heteroatoms. The molecule has 0 aromatic heterocycles. The highest BCUT2D eigenvalue weighted by atomic mass is 79.9. The molecule has 2 rings (SSSR count). The van der Waals surface area contributed by atoms with Crippen LogP contribution in [0.3, 0.4) is 0 Å². The normalized spacial score (nSPS) is 20.9. The predicted octanol–water partition coefficient (Wildman–Crippen LogP) is 2.88. The zero-order chi connectivity index (χ0) is 13.8. The number of hydrogen-bond acceptors (Lipinski definition) is 2. The minimum absolute atomic E-state index is 0.0162. The Morgan fingerprint density at radius 1 is 1.47 bits per heavy atom. The summed E-state index contributed by atoms with van der Waals surface area (Å²) in [6, 6.07) is 6.00. The molecule has 2 unspecified atom stereocenters. The summed E-state index contributed by atoms with van der Waals surface area (Å²) in [6.07, 6.45) is 2.38. The van der Waals surface area contributed by atoms with Crippen LogP contribution < -0.4 is 10.6 Å². The summed E-state index contributed by atoms with van der Waals surface area (Å²) >= 11 is 3.43. The highest BCUT2D eigenvalue weighted by Crippen LogP contribution is 2.17. The first-order valence-corrected chi connectivity index (χ1v) is 7.64. The quantitative estimate of drug-likeness (QED) is 0.897. The molecule has 104 valence electrons. The molecule has 1 saturated heterocycles. The predicted molar refractivity (Wildman–Crippen MR) is 81.4 cm³/mol. The molecule has 1 aromatic rings. The lowest BCUT2D eigenvalue weighted by atomic mass is 9.92. The van der Waals surface area contributed by atoms with Gasteiger partial charge >= 0.3 is 0 Å². The molecule has 2 N–H and O–H groups in total. The van der Waals surface area contributed by atoms with E-state index in [1.54, 1.807) is 0 Å². The zero-order valence-corrected chi connectivity index (χ0v) is 13.1. The van der Waals surface area contributed by atoms with Gasteiger partial charge in [-0.05, 0) is 69.5 Å². The van der Waals surface area contributed by atoms with E-state index < -0.39 is 0 Å². The number of aryl methyl sites for hydroxylation is 1. The lowest BCUT2D eigenvalue weighted by molar-refractivity contribution is 0.0922. The molecule has 2 atom stereocenters. The second-order valence-corrected chi connectivity index (χ2v) is 6.30. The van der Waals surface area contributed by atoms with Crippen LogP contribution in [-0.2, 0) is 0 Å². The maximum atomic E-state index is 12.2. The number of amides is 1. The van der Waals surface area contributed by atoms with E-state index in [0.29, 0.717) is 5.92 Å². The van der Waals surface area contributed by atoms with E-state index in [1.165, 1.54) is 12.8 Å². The van der Waals surface area contributed by atoms with Crippen molar-refractivity contribution in [3.63, 3.8) is 0 Å². The topological polar surface area (TPSA) is 41.1 Å². The SMILES string of the molecule is Cc1cc(Br)cc(C(=O)NC(C)C2CCCNC2)c1. The van der Waals surface area contributed by atoms with Gasteiger partial charge in [0.15, 0.2) is 0 Å². The second kappa shape index (κ2) is 6.53. The van der Waals surface area contributed by atoms with E-state index in [1.807, 2.05) is 25.1 Å². The standard InChI is InChI=1S/C15H21BrN2O/c1-10-6-13(8-14(16)7-10)15(19)18-11(2)12-4-3-5-17-9-12/h6-8,11-12,17H,3-5,9H2,1-2H3,(H,18,19). The average molecular weight is 325 g/mol. The fourth-order valence-corrected chi connectivity index (χ4v) is 3.19. The van der Waals surface area contributed by atoms with E-state index in [4.69, 9.17) is 0 Å². The summed E-state index contributed by atoms with van der Waals surface area (Å²) in [5, 5.41) is 6.51. The van der Waals surface area contributed by atoms with Gasteiger partial charge in [-0.3, -0.25) is 4.79 Å². The molecule has 0 aliphatic carbocycles. The van der Waals surface area contributed by atoms with Crippen LogP contribution in [0.1, 0.15) is 35.7 Å². The molecule has 3 nitrogen and oxygen atoms in total. The van der Waals surface area contributed by atoms with E-state index >= 15 is 0 Å². The first-order valence-electron chi connectivity index (χ1n) is 6.85. The number of hydrogen-bond donors (Lipinski definition) is 2. The van der Waals surface area contributed by atoms with Crippen molar-refractivity contribution in [1.82, 2.24) is 10.6 Å². The van der Waals surface area contributed by atoms with E-state index in [-0.39, 0.29) is 11.9 Å². The second-order valence-electron chi connectivity index (χ2n) is 5.39. The van der Waals surface area contributed by atoms with Crippen LogP contribution in [0.25, 0.3) is 0 Å². The molecule has 0 bridgehead atoms. The van der Waals surface area contributed by atoms with Gasteiger partial charge in [0.05, 0.1) is 0 Å². The number of carbonyl (C=O) groups is 1. The molecule has 19 heavy (non-hydrogen) atoms. The van der Waals surface area contributed by atoms with Crippen molar-refractivity contribution in [3.8, 4) is 0 Å². The first-order chi connectivity index (χ1) is 9.06. The number of benzene rings is 1. The average Bonchev–Trinajstić information content (AvgIpc) is 2.38. The Morgan fingerprint density at radius 2 is 2.26 bits per heavy atom. The Bertz CT molecular complexity index is 435. The monoisotopic (exact) mass is 324 g/mol. The molecule has 1 fully saturated rings. The molecule has 0 radical (unpaired) electrons. The van der Waals surface area contributed by atoms with Crippen molar-refractivity contribution < 1.29 is 4.79 Å². The number of nitrogens with one attached hydrogen (secondary N) is 2. The highest BCUT2D eigenvalue weighted by Gasteiger charge is 2.21. The molecule has 0 saturated carbocycles. The number of rotatable bonds is 3. The van der Waals surface area contributed by atoms with Crippen LogP contribution >= 0.6 is 15.9 Å². The lowest BCUT2D eigenvalue weighted by Crippen LogP contribution is -2.44. The Balaban J connectivity index is 1.99. The summed E-state index contributed by atoms with van der Waals surface area (Å²) < 4.78 is 0.949. The van der Waals surface area contributed by atoms with Gasteiger partial charge in [-0.1, -0.05) is 15.9 Å². The van der Waals surface area contributed by atoms with Crippen LogP contribution in [0.15, 0.2) is 22.7 Å². The van der Waals surface area contributed by atoms with Crippen molar-refractivity contribution in [3.05, 3.63) is 33.8 Å². The van der Waals surface area contributed by atoms with Gasteiger partial charge in [0.2, 0.25) is 0 Å². The Morgan fingerprint density at radius 3 is 2.89 bits per heavy atom. The number of halogens is 1. The third kappa shape index (κ3) is 4.05. The fraction of sp³-hybridized carbons (Fsp3) is 0.533. The van der Waals surface area contributed by atoms with Gasteiger partial charge < -0.3 is 10.6 Å². The van der Waals surface area contributed by atoms with Gasteiger partial charge in [-0.2, -0.15) is 0 Å². The van der Waals surface area contributed by atoms with Crippen LogP contribution in [0, 0.1) is 12.8 Å². The van der Waals surface area contributed by atoms with Crippen LogP contribution in [0.4, 0.5) is 0 Å². The third-order valence-corrected chi connectivity index (χ3v) is 4.16. The van der Waals surface area contributed by atoms with Crippen molar-refractivity contribution in [2.75, 3.05) is 13.1 Å². The van der Waals surface area contributed by atoms with E-state index in [2.05, 4.69) is 33.5 Å². The molecule has 0 spiro atoms. The van der Waals surface area contributed by atoms with Crippen LogP contribution in [0.2, 0.25) is 0 Å². The summed E-state index contributed by atoms with van der Waals surface area (Å²) in [5.74, 6) is 0.549. The number of carbonyl (C=O) groups excluding carboxylic acids is 1. The largest absolute Gasteiger partial charge is 0.349 e. The van der Waals surface area contributed by atoms with Gasteiger partial charge in [-0.25, -0.2) is 0 Å². The summed E-state index contributed by atoms with van der Waals surface area (Å²) in [6.45, 7) is 6.19. The van der Waals surface area contributed by atoms with E-state index in [0.717, 1.165) is 28.7 Å². The molecular weight excluding hydrogens is 304 g/mol. The van der Waals surface area contributed by atoms with Crippen LogP contribution in [0.5, 0.6) is 0 Å². The van der Waals surface area contributed by atoms with Crippen molar-refractivity contribution >= 4 is 21.8 Å². The van der Waals surface area contributed by atoms with E-state index in [9.17, 15) is 4.79 Å². The van der Waals surface area contributed by atoms with Gasteiger partial charge in [-0.15, -0.1) is 0 Å². The highest BCUT2D eigenvalue weighted by molar-refractivity contribution is 9.10. The van der Waals surface area contributed by atoms with Crippen molar-refractivity contribution in [2.45, 2.75) is 32.7 Å². The van der Waals surface area contributed by atoms with Crippen molar-refractivity contribution in [2.24, 2.45) is 5.92 Å². The fourth-order valence-electron chi connectivity index (χ4n) is 2.58. The Hall–Kier alpha value is -0.870. The maximum absolute atomic E-state index is 12.2. The molecule has 1 amide bonds. The van der Waals surface area contributed by atoms with Crippen LogP contribution in [-0.4, -0.2) is 25.0 Å². The van der Waals surface area contributed by atoms with Gasteiger partial charge in [0, 0.05) is 16.1 Å². The summed E-state index contributed by atoms with van der Waals surface area (Å²) in [5.41, 5.74) is 1.81. The maximum Gasteiger partial charge on any atom is 0.251 e. The minimum Gasteiger partial charge on any atom is -0.349 e. The van der Waals surface area contributed by atoms with Gasteiger partial charge in [0.1, 0.15) is 0 Å². The minimum atomic E-state index is 0.0162. The molecular formula is C15H21BrN2O. The first kappa shape index (κ1) is 14.5. The smallest absolute Gasteiger partial charge is 0.251 e. The Kier molecular flexibility index (Phi) is 4.99. The van der Waals surface area contributed by atoms with Gasteiger partial charge in [0.25, 0.3) is 5.91 Å². The number of piperidine rings is 1.